The molecule has 0 fully saturated rings. The van der Waals surface area contributed by atoms with Crippen LogP contribution in [0.5, 0.6) is 0 Å². The molecular weight excluding hydrogens is 354 g/mol. The van der Waals surface area contributed by atoms with Gasteiger partial charge in [0.1, 0.15) is 11.6 Å². The first-order valence-electron chi connectivity index (χ1n) is 7.66. The lowest BCUT2D eigenvalue weighted by Gasteiger charge is -2.26. The molecule has 9 heteroatoms. The molecule has 0 heterocycles. The number of unbranched alkanes of at least 4 members (excludes halogenated alkanes) is 1. The van der Waals surface area contributed by atoms with E-state index in [2.05, 4.69) is 0 Å². The quantitative estimate of drug-likeness (QED) is 0.514. The lowest BCUT2D eigenvalue weighted by Crippen LogP contribution is -2.49. The Morgan fingerprint density at radius 2 is 1.44 bits per heavy atom. The Bertz CT molecular complexity index is 609. The van der Waals surface area contributed by atoms with E-state index >= 15 is 0 Å². The Labute approximate surface area is 145 Å². The van der Waals surface area contributed by atoms with Gasteiger partial charge >= 0.3 is 8.80 Å². The molecule has 138 valence electrons. The van der Waals surface area contributed by atoms with Gasteiger partial charge in [-0.3, -0.25) is 14.4 Å². The standard InChI is InChI=1S/C16H20F2O6Si/c1-11(19)22-25(23-12(2)20,24-13(3)21)9-5-4-6-14-7-8-15(17)10-16(14)18/h7-8,10H,4-6,9H2,1-3H3. The minimum absolute atomic E-state index is 0.0224. The number of carbonyl (C=O) groups excluding carboxylic acids is 3. The van der Waals surface area contributed by atoms with Crippen LogP contribution in [0.1, 0.15) is 39.2 Å². The molecule has 0 saturated heterocycles. The van der Waals surface area contributed by atoms with E-state index in [1.54, 1.807) is 0 Å². The first kappa shape index (κ1) is 20.8. The Kier molecular flexibility index (Phi) is 7.68. The van der Waals surface area contributed by atoms with Crippen LogP contribution < -0.4 is 0 Å². The summed E-state index contributed by atoms with van der Waals surface area (Å²) in [4.78, 5) is 33.9. The zero-order valence-corrected chi connectivity index (χ0v) is 15.3. The normalized spacial score (nSPS) is 10.9. The van der Waals surface area contributed by atoms with Crippen LogP contribution >= 0.6 is 0 Å². The van der Waals surface area contributed by atoms with Gasteiger partial charge in [0.05, 0.1) is 6.04 Å². The second kappa shape index (κ2) is 9.26. The molecule has 1 aromatic carbocycles. The van der Waals surface area contributed by atoms with Gasteiger partial charge in [0.2, 0.25) is 0 Å². The van der Waals surface area contributed by atoms with Gasteiger partial charge in [-0.15, -0.1) is 0 Å². The van der Waals surface area contributed by atoms with Crippen molar-refractivity contribution in [1.82, 2.24) is 0 Å². The first-order valence-corrected chi connectivity index (χ1v) is 9.59. The zero-order chi connectivity index (χ0) is 19.0. The van der Waals surface area contributed by atoms with Crippen LogP contribution in [0, 0.1) is 11.6 Å². The Balaban J connectivity index is 2.74. The highest BCUT2D eigenvalue weighted by Gasteiger charge is 2.51. The molecule has 0 spiro atoms. The van der Waals surface area contributed by atoms with Gasteiger partial charge < -0.3 is 13.3 Å². The van der Waals surface area contributed by atoms with E-state index in [1.165, 1.54) is 6.07 Å². The van der Waals surface area contributed by atoms with Crippen molar-refractivity contribution in [3.63, 3.8) is 0 Å². The summed E-state index contributed by atoms with van der Waals surface area (Å²) < 4.78 is 41.6. The fourth-order valence-electron chi connectivity index (χ4n) is 2.25. The number of hydrogen-bond acceptors (Lipinski definition) is 6. The van der Waals surface area contributed by atoms with Gasteiger partial charge in [-0.25, -0.2) is 8.78 Å². The van der Waals surface area contributed by atoms with Crippen LogP contribution in [0.15, 0.2) is 18.2 Å². The average molecular weight is 374 g/mol. The molecular formula is C16H20F2O6Si. The number of carbonyl (C=O) groups is 3. The second-order valence-electron chi connectivity index (χ2n) is 5.41. The summed E-state index contributed by atoms with van der Waals surface area (Å²) in [6.07, 6.45) is 1.08. The molecule has 6 nitrogen and oxygen atoms in total. The SMILES string of the molecule is CC(=O)O[Si](CCCCc1ccc(F)cc1F)(OC(C)=O)OC(C)=O. The van der Waals surface area contributed by atoms with E-state index in [1.807, 2.05) is 0 Å². The molecule has 0 saturated carbocycles. The molecule has 25 heavy (non-hydrogen) atoms. The molecule has 0 atom stereocenters. The lowest BCUT2D eigenvalue weighted by atomic mass is 10.1. The summed E-state index contributed by atoms with van der Waals surface area (Å²) in [5.41, 5.74) is 0.334. The van der Waals surface area contributed by atoms with Crippen LogP contribution in [0.2, 0.25) is 6.04 Å². The third-order valence-electron chi connectivity index (χ3n) is 3.09. The molecule has 1 aromatic rings. The largest absolute Gasteiger partial charge is 0.705 e. The Morgan fingerprint density at radius 1 is 0.920 bits per heavy atom. The van der Waals surface area contributed by atoms with Crippen molar-refractivity contribution in [2.45, 2.75) is 46.1 Å². The van der Waals surface area contributed by atoms with E-state index in [9.17, 15) is 23.2 Å². The molecule has 0 unspecified atom stereocenters. The molecule has 0 aliphatic rings. The topological polar surface area (TPSA) is 78.9 Å². The summed E-state index contributed by atoms with van der Waals surface area (Å²) >= 11 is 0. The van der Waals surface area contributed by atoms with Crippen molar-refractivity contribution in [2.24, 2.45) is 0 Å². The Morgan fingerprint density at radius 3 is 1.88 bits per heavy atom. The van der Waals surface area contributed by atoms with E-state index in [-0.39, 0.29) is 6.04 Å². The van der Waals surface area contributed by atoms with Gasteiger partial charge in [-0.2, -0.15) is 0 Å². The minimum Gasteiger partial charge on any atom is -0.455 e. The lowest BCUT2D eigenvalue weighted by molar-refractivity contribution is -0.147. The summed E-state index contributed by atoms with van der Waals surface area (Å²) in [6.45, 7) is 3.34. The van der Waals surface area contributed by atoms with Crippen LogP contribution in [-0.4, -0.2) is 26.7 Å². The maximum atomic E-state index is 13.6. The number of halogens is 2. The highest BCUT2D eigenvalue weighted by atomic mass is 28.4. The van der Waals surface area contributed by atoms with Crippen LogP contribution in [0.25, 0.3) is 0 Å². The van der Waals surface area contributed by atoms with Gasteiger partial charge in [0, 0.05) is 26.8 Å². The second-order valence-corrected chi connectivity index (χ2v) is 7.89. The molecule has 0 radical (unpaired) electrons. The van der Waals surface area contributed by atoms with Gasteiger partial charge in [0.15, 0.2) is 0 Å². The van der Waals surface area contributed by atoms with E-state index < -0.39 is 38.3 Å². The van der Waals surface area contributed by atoms with Crippen LogP contribution in [0.3, 0.4) is 0 Å². The van der Waals surface area contributed by atoms with E-state index in [0.717, 1.165) is 32.9 Å². The zero-order valence-electron chi connectivity index (χ0n) is 14.3. The van der Waals surface area contributed by atoms with E-state index in [0.29, 0.717) is 24.8 Å². The van der Waals surface area contributed by atoms with Crippen molar-refractivity contribution < 1.29 is 36.4 Å². The third kappa shape index (κ3) is 7.42. The number of rotatable bonds is 8. The van der Waals surface area contributed by atoms with Crippen molar-refractivity contribution >= 4 is 26.7 Å². The smallest absolute Gasteiger partial charge is 0.455 e. The predicted molar refractivity (Wildman–Crippen MR) is 85.2 cm³/mol. The molecule has 0 amide bonds. The highest BCUT2D eigenvalue weighted by molar-refractivity contribution is 6.65. The molecule has 0 aliphatic heterocycles. The first-order chi connectivity index (χ1) is 11.6. The highest BCUT2D eigenvalue weighted by Crippen LogP contribution is 2.22. The maximum absolute atomic E-state index is 13.6. The number of hydrogen-bond donors (Lipinski definition) is 0. The van der Waals surface area contributed by atoms with Gasteiger partial charge in [-0.1, -0.05) is 6.07 Å². The summed E-state index contributed by atoms with van der Waals surface area (Å²) in [5, 5.41) is 0. The third-order valence-corrected chi connectivity index (χ3v) is 5.85. The molecule has 0 bridgehead atoms. The minimum atomic E-state index is -3.85. The monoisotopic (exact) mass is 374 g/mol. The summed E-state index contributed by atoms with van der Waals surface area (Å²) in [7, 11) is -3.85. The number of benzene rings is 1. The summed E-state index contributed by atoms with van der Waals surface area (Å²) in [5.74, 6) is -3.52. The van der Waals surface area contributed by atoms with Crippen LogP contribution in [-0.2, 0) is 34.1 Å². The molecule has 0 N–H and O–H groups in total. The molecule has 0 aliphatic carbocycles. The van der Waals surface area contributed by atoms with Gasteiger partial charge in [0.25, 0.3) is 17.9 Å². The fourth-order valence-corrected chi connectivity index (χ4v) is 4.68. The number of aryl methyl sites for hydroxylation is 1. The molecule has 1 rings (SSSR count). The maximum Gasteiger partial charge on any atom is 0.705 e. The van der Waals surface area contributed by atoms with Crippen LogP contribution in [0.4, 0.5) is 8.78 Å². The Hall–Kier alpha value is -2.29. The summed E-state index contributed by atoms with van der Waals surface area (Å²) in [6, 6.07) is 3.33. The fraction of sp³-hybridized carbons (Fsp3) is 0.438. The van der Waals surface area contributed by atoms with E-state index in [4.69, 9.17) is 13.3 Å². The van der Waals surface area contributed by atoms with Gasteiger partial charge in [-0.05, 0) is 30.9 Å². The average Bonchev–Trinajstić information content (AvgIpc) is 2.43. The molecule has 0 aromatic heterocycles. The predicted octanol–water partition coefficient (Wildman–Crippen LogP) is 2.92. The van der Waals surface area contributed by atoms with Crippen molar-refractivity contribution in [2.75, 3.05) is 0 Å². The van der Waals surface area contributed by atoms with Crippen molar-refractivity contribution in [3.05, 3.63) is 35.4 Å². The van der Waals surface area contributed by atoms with Crippen molar-refractivity contribution in [3.8, 4) is 0 Å². The van der Waals surface area contributed by atoms with Crippen molar-refractivity contribution in [1.29, 1.82) is 0 Å².